The highest BCUT2D eigenvalue weighted by Gasteiger charge is 2.53. The van der Waals surface area contributed by atoms with Crippen molar-refractivity contribution in [2.75, 3.05) is 40.4 Å². The number of likely N-dealkylation sites (N-methyl/N-ethyl adjacent to an activating group) is 1. The number of rotatable bonds is 6. The molecular formula is C19H28N2O2. The van der Waals surface area contributed by atoms with Crippen molar-refractivity contribution in [2.24, 2.45) is 0 Å². The molecule has 0 atom stereocenters. The van der Waals surface area contributed by atoms with Crippen molar-refractivity contribution >= 4 is 5.91 Å². The maximum absolute atomic E-state index is 13.4. The van der Waals surface area contributed by atoms with Crippen LogP contribution in [0.4, 0.5) is 0 Å². The van der Waals surface area contributed by atoms with Gasteiger partial charge in [-0.2, -0.15) is 0 Å². The first-order valence-corrected chi connectivity index (χ1v) is 8.72. The third-order valence-corrected chi connectivity index (χ3v) is 5.17. The minimum absolute atomic E-state index is 0.258. The lowest BCUT2D eigenvalue weighted by atomic mass is 9.92. The van der Waals surface area contributed by atoms with Crippen molar-refractivity contribution in [3.8, 4) is 0 Å². The molecule has 126 valence electrons. The van der Waals surface area contributed by atoms with E-state index in [2.05, 4.69) is 36.0 Å². The summed E-state index contributed by atoms with van der Waals surface area (Å²) in [7, 11) is 4.13. The van der Waals surface area contributed by atoms with E-state index < -0.39 is 0 Å². The maximum Gasteiger partial charge on any atom is 0.233 e. The van der Waals surface area contributed by atoms with Crippen LogP contribution >= 0.6 is 0 Å². The molecule has 0 spiro atoms. The zero-order valence-corrected chi connectivity index (χ0v) is 14.3. The highest BCUT2D eigenvalue weighted by atomic mass is 16.5. The molecule has 0 unspecified atom stereocenters. The molecule has 0 bridgehead atoms. The molecule has 0 aromatic heterocycles. The standard InChI is InChI=1S/C19H28N2O2/c1-20(2)12-13-21(17-8-14-23-15-9-17)18(22)19(10-11-19)16-6-4-3-5-7-16/h3-7,17H,8-15H2,1-2H3. The summed E-state index contributed by atoms with van der Waals surface area (Å²) in [6.07, 6.45) is 3.89. The van der Waals surface area contributed by atoms with E-state index in [0.29, 0.717) is 11.9 Å². The second-order valence-corrected chi connectivity index (χ2v) is 7.09. The van der Waals surface area contributed by atoms with Crippen molar-refractivity contribution in [1.29, 1.82) is 0 Å². The summed E-state index contributed by atoms with van der Waals surface area (Å²) in [4.78, 5) is 17.7. The van der Waals surface area contributed by atoms with E-state index in [1.54, 1.807) is 0 Å². The molecule has 1 heterocycles. The molecular weight excluding hydrogens is 288 g/mol. The van der Waals surface area contributed by atoms with E-state index in [-0.39, 0.29) is 5.41 Å². The van der Waals surface area contributed by atoms with Gasteiger partial charge in [0.05, 0.1) is 5.41 Å². The zero-order valence-electron chi connectivity index (χ0n) is 14.3. The number of ether oxygens (including phenoxy) is 1. The van der Waals surface area contributed by atoms with Gasteiger partial charge >= 0.3 is 0 Å². The van der Waals surface area contributed by atoms with Gasteiger partial charge in [-0.15, -0.1) is 0 Å². The molecule has 1 amide bonds. The number of carbonyl (C=O) groups excluding carboxylic acids is 1. The Bertz CT molecular complexity index is 519. The Kier molecular flexibility index (Phi) is 5.02. The number of hydrogen-bond donors (Lipinski definition) is 0. The van der Waals surface area contributed by atoms with E-state index in [1.807, 2.05) is 18.2 Å². The number of nitrogens with zero attached hydrogens (tertiary/aromatic N) is 2. The average molecular weight is 316 g/mol. The van der Waals surface area contributed by atoms with Crippen molar-refractivity contribution in [3.63, 3.8) is 0 Å². The Morgan fingerprint density at radius 1 is 1.13 bits per heavy atom. The van der Waals surface area contributed by atoms with Gasteiger partial charge in [0.15, 0.2) is 0 Å². The van der Waals surface area contributed by atoms with Crippen molar-refractivity contribution < 1.29 is 9.53 Å². The summed E-state index contributed by atoms with van der Waals surface area (Å²) in [5.41, 5.74) is 0.929. The highest BCUT2D eigenvalue weighted by Crippen LogP contribution is 2.50. The first-order valence-electron chi connectivity index (χ1n) is 8.72. The van der Waals surface area contributed by atoms with Crippen molar-refractivity contribution in [3.05, 3.63) is 35.9 Å². The predicted molar refractivity (Wildman–Crippen MR) is 91.5 cm³/mol. The first kappa shape index (κ1) is 16.5. The molecule has 2 aliphatic rings. The summed E-state index contributed by atoms with van der Waals surface area (Å²) in [5, 5.41) is 0. The fourth-order valence-electron chi connectivity index (χ4n) is 3.54. The quantitative estimate of drug-likeness (QED) is 0.807. The molecule has 4 heteroatoms. The van der Waals surface area contributed by atoms with E-state index in [9.17, 15) is 4.79 Å². The van der Waals surface area contributed by atoms with Crippen LogP contribution in [0.25, 0.3) is 0 Å². The molecule has 1 saturated carbocycles. The van der Waals surface area contributed by atoms with Gasteiger partial charge in [0.25, 0.3) is 0 Å². The summed E-state index contributed by atoms with van der Waals surface area (Å²) < 4.78 is 5.49. The lowest BCUT2D eigenvalue weighted by Crippen LogP contribution is -2.50. The predicted octanol–water partition coefficient (Wildman–Crippen LogP) is 2.29. The van der Waals surface area contributed by atoms with Crippen molar-refractivity contribution in [2.45, 2.75) is 37.1 Å². The Hall–Kier alpha value is -1.39. The van der Waals surface area contributed by atoms with Crippen LogP contribution in [0.15, 0.2) is 30.3 Å². The van der Waals surface area contributed by atoms with Crippen LogP contribution < -0.4 is 0 Å². The first-order chi connectivity index (χ1) is 11.1. The third-order valence-electron chi connectivity index (χ3n) is 5.17. The molecule has 1 saturated heterocycles. The van der Waals surface area contributed by atoms with Crippen LogP contribution in [0.2, 0.25) is 0 Å². The number of amides is 1. The number of carbonyl (C=O) groups is 1. The SMILES string of the molecule is CN(C)CCN(C(=O)C1(c2ccccc2)CC1)C1CCOCC1. The summed E-state index contributed by atoms with van der Waals surface area (Å²) in [5.74, 6) is 0.331. The minimum atomic E-state index is -0.258. The molecule has 0 radical (unpaired) electrons. The van der Waals surface area contributed by atoms with Crippen LogP contribution in [-0.4, -0.2) is 62.1 Å². The monoisotopic (exact) mass is 316 g/mol. The van der Waals surface area contributed by atoms with E-state index >= 15 is 0 Å². The second-order valence-electron chi connectivity index (χ2n) is 7.09. The van der Waals surface area contributed by atoms with Gasteiger partial charge in [-0.05, 0) is 45.3 Å². The Morgan fingerprint density at radius 2 is 1.78 bits per heavy atom. The molecule has 1 aliphatic carbocycles. The lowest BCUT2D eigenvalue weighted by Gasteiger charge is -2.37. The van der Waals surface area contributed by atoms with Gasteiger partial charge in [0, 0.05) is 32.3 Å². The number of hydrogen-bond acceptors (Lipinski definition) is 3. The van der Waals surface area contributed by atoms with Gasteiger partial charge in [0.2, 0.25) is 5.91 Å². The van der Waals surface area contributed by atoms with E-state index in [4.69, 9.17) is 4.74 Å². The zero-order chi connectivity index (χ0) is 16.3. The van der Waals surface area contributed by atoms with E-state index in [1.165, 1.54) is 5.56 Å². The average Bonchev–Trinajstić information content (AvgIpc) is 3.38. The molecule has 23 heavy (non-hydrogen) atoms. The van der Waals surface area contributed by atoms with Crippen LogP contribution in [0, 0.1) is 0 Å². The summed E-state index contributed by atoms with van der Waals surface area (Å²) in [6.45, 7) is 3.27. The Morgan fingerprint density at radius 3 is 2.35 bits per heavy atom. The second kappa shape index (κ2) is 7.02. The van der Waals surface area contributed by atoms with Crippen LogP contribution in [0.3, 0.4) is 0 Å². The fourth-order valence-corrected chi connectivity index (χ4v) is 3.54. The minimum Gasteiger partial charge on any atom is -0.381 e. The summed E-state index contributed by atoms with van der Waals surface area (Å²) in [6, 6.07) is 10.7. The van der Waals surface area contributed by atoms with Crippen LogP contribution in [0.1, 0.15) is 31.2 Å². The highest BCUT2D eigenvalue weighted by molar-refractivity contribution is 5.91. The Balaban J connectivity index is 1.79. The van der Waals surface area contributed by atoms with E-state index in [0.717, 1.165) is 52.0 Å². The Labute approximate surface area is 139 Å². The van der Waals surface area contributed by atoms with Gasteiger partial charge in [0.1, 0.15) is 0 Å². The molecule has 1 aromatic rings. The van der Waals surface area contributed by atoms with Gasteiger partial charge in [-0.1, -0.05) is 30.3 Å². The van der Waals surface area contributed by atoms with Gasteiger partial charge < -0.3 is 14.5 Å². The molecule has 0 N–H and O–H groups in total. The molecule has 1 aliphatic heterocycles. The van der Waals surface area contributed by atoms with Crippen LogP contribution in [-0.2, 0) is 14.9 Å². The van der Waals surface area contributed by atoms with Crippen LogP contribution in [0.5, 0.6) is 0 Å². The van der Waals surface area contributed by atoms with Gasteiger partial charge in [-0.3, -0.25) is 4.79 Å². The molecule has 1 aromatic carbocycles. The maximum atomic E-state index is 13.4. The normalized spacial score (nSPS) is 20.5. The topological polar surface area (TPSA) is 32.8 Å². The lowest BCUT2D eigenvalue weighted by molar-refractivity contribution is -0.138. The van der Waals surface area contributed by atoms with Crippen molar-refractivity contribution in [1.82, 2.24) is 9.80 Å². The third kappa shape index (κ3) is 3.59. The largest absolute Gasteiger partial charge is 0.381 e. The summed E-state index contributed by atoms with van der Waals surface area (Å²) >= 11 is 0. The van der Waals surface area contributed by atoms with Gasteiger partial charge in [-0.25, -0.2) is 0 Å². The molecule has 4 nitrogen and oxygen atoms in total. The fraction of sp³-hybridized carbons (Fsp3) is 0.632. The number of benzene rings is 1. The molecule has 3 rings (SSSR count). The molecule has 2 fully saturated rings. The smallest absolute Gasteiger partial charge is 0.233 e.